The van der Waals surface area contributed by atoms with Gasteiger partial charge in [-0.3, -0.25) is 4.99 Å². The molecule has 0 spiro atoms. The predicted octanol–water partition coefficient (Wildman–Crippen LogP) is 10.8. The van der Waals surface area contributed by atoms with Gasteiger partial charge in [0.15, 0.2) is 0 Å². The molecule has 1 fully saturated rings. The summed E-state index contributed by atoms with van der Waals surface area (Å²) in [7, 11) is 4.02. The molecule has 1 aromatic rings. The van der Waals surface area contributed by atoms with Crippen molar-refractivity contribution < 1.29 is 0 Å². The standard InChI is InChI=1S/C17H28.C12H15N3.C8H16.CH4/c1-3-5-6-7-8-9-10-11-17-14-12-16(4-2)13-15-17;1-9-13-11-8-6-4-5-7-10(11)12(14-9)15(2)3;1-7-3-5-8(2)6-4-7;/h12-15H,3-11H2,1-2H3;4-8,11H,1-3H3;7-8H,3-6H2,1-2H3;1H4. The van der Waals surface area contributed by atoms with Crippen LogP contribution in [0.3, 0.4) is 0 Å². The van der Waals surface area contributed by atoms with E-state index >= 15 is 0 Å². The summed E-state index contributed by atoms with van der Waals surface area (Å²) in [5, 5.41) is 0. The molecule has 3 nitrogen and oxygen atoms in total. The van der Waals surface area contributed by atoms with Crippen LogP contribution in [-0.4, -0.2) is 36.7 Å². The molecule has 0 radical (unpaired) electrons. The zero-order valence-corrected chi connectivity index (χ0v) is 27.0. The number of hydrogen-bond donors (Lipinski definition) is 0. The summed E-state index contributed by atoms with van der Waals surface area (Å²) in [6, 6.07) is 9.27. The Morgan fingerprint density at radius 1 is 0.756 bits per heavy atom. The number of rotatable bonds is 9. The first kappa shape index (κ1) is 36.6. The minimum Gasteiger partial charge on any atom is -0.362 e. The van der Waals surface area contributed by atoms with Crippen LogP contribution in [0.1, 0.15) is 124 Å². The Hall–Kier alpha value is -2.42. The number of fused-ring (bicyclic) bond motifs is 1. The number of unbranched alkanes of at least 4 members (excludes halogenated alkanes) is 6. The van der Waals surface area contributed by atoms with Crippen molar-refractivity contribution in [1.82, 2.24) is 4.90 Å². The van der Waals surface area contributed by atoms with Gasteiger partial charge in [0.1, 0.15) is 11.7 Å². The van der Waals surface area contributed by atoms with Crippen LogP contribution in [0.15, 0.2) is 70.2 Å². The Balaban J connectivity index is 0.000000321. The fourth-order valence-electron chi connectivity index (χ4n) is 5.38. The lowest BCUT2D eigenvalue weighted by Crippen LogP contribution is -2.32. The lowest BCUT2D eigenvalue weighted by molar-refractivity contribution is 0.308. The maximum atomic E-state index is 4.50. The lowest BCUT2D eigenvalue weighted by Gasteiger charge is -2.24. The zero-order chi connectivity index (χ0) is 29.2. The Kier molecular flexibility index (Phi) is 19.0. The maximum absolute atomic E-state index is 4.50. The number of allylic oxidation sites excluding steroid dienone is 4. The Labute approximate surface area is 255 Å². The summed E-state index contributed by atoms with van der Waals surface area (Å²) in [4.78, 5) is 11.0. The van der Waals surface area contributed by atoms with E-state index in [0.29, 0.717) is 0 Å². The SMILES string of the molecule is C.CC1=NC2C=CC=CC=C2C(N(C)C)=N1.CC1CCC(C)CC1.CCCCCCCCCc1ccc(CC)cc1. The second-order valence-corrected chi connectivity index (χ2v) is 12.2. The monoisotopic (exact) mass is 562 g/mol. The fraction of sp³-hybridized carbons (Fsp3) is 0.632. The molecule has 230 valence electrons. The minimum absolute atomic E-state index is 0. The average molecular weight is 562 g/mol. The highest BCUT2D eigenvalue weighted by Crippen LogP contribution is 2.27. The molecule has 3 aliphatic rings. The van der Waals surface area contributed by atoms with Crippen molar-refractivity contribution >= 4 is 11.7 Å². The van der Waals surface area contributed by atoms with E-state index in [0.717, 1.165) is 35.5 Å². The van der Waals surface area contributed by atoms with Crippen LogP contribution >= 0.6 is 0 Å². The van der Waals surface area contributed by atoms with Gasteiger partial charge in [-0.25, -0.2) is 4.99 Å². The lowest BCUT2D eigenvalue weighted by atomic mass is 9.84. The molecule has 1 atom stereocenters. The number of benzene rings is 1. The Morgan fingerprint density at radius 3 is 1.88 bits per heavy atom. The van der Waals surface area contributed by atoms with E-state index in [2.05, 4.69) is 74.1 Å². The van der Waals surface area contributed by atoms with E-state index in [9.17, 15) is 0 Å². The van der Waals surface area contributed by atoms with Crippen LogP contribution in [-0.2, 0) is 12.8 Å². The molecule has 0 saturated heterocycles. The van der Waals surface area contributed by atoms with E-state index in [1.165, 1.54) is 88.2 Å². The van der Waals surface area contributed by atoms with Gasteiger partial charge in [0, 0.05) is 19.7 Å². The number of aryl methyl sites for hydroxylation is 2. The number of aliphatic imine (C=N–C) groups is 2. The van der Waals surface area contributed by atoms with Crippen molar-refractivity contribution in [2.24, 2.45) is 21.8 Å². The predicted molar refractivity (Wildman–Crippen MR) is 185 cm³/mol. The quantitative estimate of drug-likeness (QED) is 0.276. The third-order valence-electron chi connectivity index (χ3n) is 8.19. The molecule has 1 aliphatic heterocycles. The van der Waals surface area contributed by atoms with Gasteiger partial charge in [0.2, 0.25) is 0 Å². The van der Waals surface area contributed by atoms with Gasteiger partial charge in [0.05, 0.1) is 6.04 Å². The molecule has 1 saturated carbocycles. The highest BCUT2D eigenvalue weighted by atomic mass is 15.2. The van der Waals surface area contributed by atoms with Crippen molar-refractivity contribution in [3.05, 3.63) is 71.3 Å². The normalized spacial score (nSPS) is 20.9. The maximum Gasteiger partial charge on any atom is 0.135 e. The van der Waals surface area contributed by atoms with Gasteiger partial charge in [-0.05, 0) is 49.1 Å². The van der Waals surface area contributed by atoms with Crippen molar-refractivity contribution in [2.75, 3.05) is 14.1 Å². The largest absolute Gasteiger partial charge is 0.362 e. The number of amidine groups is 2. The van der Waals surface area contributed by atoms with Crippen LogP contribution in [0.25, 0.3) is 0 Å². The Morgan fingerprint density at radius 2 is 1.32 bits per heavy atom. The Bertz CT molecular complexity index is 959. The van der Waals surface area contributed by atoms with Crippen LogP contribution in [0.2, 0.25) is 0 Å². The first-order chi connectivity index (χ1) is 19.3. The molecule has 1 unspecified atom stereocenters. The topological polar surface area (TPSA) is 28.0 Å². The third kappa shape index (κ3) is 14.9. The third-order valence-corrected chi connectivity index (χ3v) is 8.19. The molecule has 0 bridgehead atoms. The summed E-state index contributed by atoms with van der Waals surface area (Å²) in [5.74, 6) is 3.88. The molecule has 1 aromatic carbocycles. The van der Waals surface area contributed by atoms with Gasteiger partial charge in [-0.1, -0.05) is 154 Å². The molecule has 41 heavy (non-hydrogen) atoms. The number of hydrogen-bond acceptors (Lipinski definition) is 3. The van der Waals surface area contributed by atoms with Gasteiger partial charge in [0.25, 0.3) is 0 Å². The van der Waals surface area contributed by atoms with E-state index < -0.39 is 0 Å². The van der Waals surface area contributed by atoms with E-state index in [1.54, 1.807) is 0 Å². The number of likely N-dealkylation sites (N-methyl/N-ethyl adjacent to an activating group) is 1. The highest BCUT2D eigenvalue weighted by Gasteiger charge is 2.22. The van der Waals surface area contributed by atoms with Crippen LogP contribution in [0.4, 0.5) is 0 Å². The molecular weight excluding hydrogens is 498 g/mol. The summed E-state index contributed by atoms with van der Waals surface area (Å²) >= 11 is 0. The van der Waals surface area contributed by atoms with Crippen LogP contribution < -0.4 is 0 Å². The first-order valence-corrected chi connectivity index (χ1v) is 16.3. The van der Waals surface area contributed by atoms with Crippen molar-refractivity contribution in [2.45, 2.75) is 132 Å². The van der Waals surface area contributed by atoms with Crippen molar-refractivity contribution in [1.29, 1.82) is 0 Å². The second-order valence-electron chi connectivity index (χ2n) is 12.2. The smallest absolute Gasteiger partial charge is 0.135 e. The van der Waals surface area contributed by atoms with Gasteiger partial charge in [-0.2, -0.15) is 0 Å². The molecular formula is C38H63N3. The molecule has 1 heterocycles. The fourth-order valence-corrected chi connectivity index (χ4v) is 5.38. The van der Waals surface area contributed by atoms with Crippen molar-refractivity contribution in [3.63, 3.8) is 0 Å². The second kappa shape index (κ2) is 21.3. The molecule has 0 N–H and O–H groups in total. The van der Waals surface area contributed by atoms with E-state index in [4.69, 9.17) is 0 Å². The van der Waals surface area contributed by atoms with Crippen LogP contribution in [0, 0.1) is 11.8 Å². The van der Waals surface area contributed by atoms with Crippen LogP contribution in [0.5, 0.6) is 0 Å². The summed E-state index contributed by atoms with van der Waals surface area (Å²) in [6.07, 6.45) is 28.4. The van der Waals surface area contributed by atoms with Gasteiger partial charge >= 0.3 is 0 Å². The molecule has 3 heteroatoms. The minimum atomic E-state index is 0. The molecule has 2 aliphatic carbocycles. The molecule has 0 amide bonds. The number of nitrogens with zero attached hydrogens (tertiary/aromatic N) is 3. The van der Waals surface area contributed by atoms with E-state index in [-0.39, 0.29) is 13.5 Å². The highest BCUT2D eigenvalue weighted by molar-refractivity contribution is 6.08. The van der Waals surface area contributed by atoms with Gasteiger partial charge in [-0.15, -0.1) is 0 Å². The molecule has 4 rings (SSSR count). The van der Waals surface area contributed by atoms with Crippen molar-refractivity contribution in [3.8, 4) is 0 Å². The average Bonchev–Trinajstić information content (AvgIpc) is 3.20. The van der Waals surface area contributed by atoms with E-state index in [1.807, 2.05) is 44.1 Å². The summed E-state index contributed by atoms with van der Waals surface area (Å²) in [5.41, 5.74) is 4.12. The van der Waals surface area contributed by atoms with Gasteiger partial charge < -0.3 is 4.90 Å². The zero-order valence-electron chi connectivity index (χ0n) is 27.0. The summed E-state index contributed by atoms with van der Waals surface area (Å²) in [6.45, 7) is 11.2. The summed E-state index contributed by atoms with van der Waals surface area (Å²) < 4.78 is 0. The first-order valence-electron chi connectivity index (χ1n) is 16.3. The molecule has 0 aromatic heterocycles.